The zero-order valence-electron chi connectivity index (χ0n) is 11.7. The molecule has 0 bridgehead atoms. The van der Waals surface area contributed by atoms with Gasteiger partial charge in [-0.15, -0.1) is 0 Å². The van der Waals surface area contributed by atoms with Crippen LogP contribution in [0.1, 0.15) is 36.0 Å². The molecule has 2 aromatic rings. The van der Waals surface area contributed by atoms with Gasteiger partial charge >= 0.3 is 5.97 Å². The molecule has 1 saturated heterocycles. The van der Waals surface area contributed by atoms with Crippen LogP contribution < -0.4 is 5.56 Å². The number of rotatable bonds is 3. The van der Waals surface area contributed by atoms with Crippen LogP contribution in [0.25, 0.3) is 10.9 Å². The van der Waals surface area contributed by atoms with Crippen LogP contribution in [0.15, 0.2) is 9.32 Å². The van der Waals surface area contributed by atoms with Crippen LogP contribution in [0, 0.1) is 6.92 Å². The molecule has 0 aromatic carbocycles. The van der Waals surface area contributed by atoms with E-state index in [1.807, 2.05) is 6.92 Å². The van der Waals surface area contributed by atoms with E-state index in [-0.39, 0.29) is 41.1 Å². The number of hydrogen-bond acceptors (Lipinski definition) is 6. The summed E-state index contributed by atoms with van der Waals surface area (Å²) in [5.41, 5.74) is -0.699. The summed E-state index contributed by atoms with van der Waals surface area (Å²) in [4.78, 5) is 23.7. The zero-order chi connectivity index (χ0) is 15.1. The minimum absolute atomic E-state index is 0.00838. The van der Waals surface area contributed by atoms with E-state index in [4.69, 9.17) is 9.26 Å². The van der Waals surface area contributed by atoms with Crippen LogP contribution in [0.4, 0.5) is 0 Å². The van der Waals surface area contributed by atoms with Crippen LogP contribution in [0.3, 0.4) is 0 Å². The van der Waals surface area contributed by atoms with E-state index in [1.165, 1.54) is 0 Å². The highest BCUT2D eigenvalue weighted by Gasteiger charge is 2.26. The van der Waals surface area contributed by atoms with Gasteiger partial charge in [-0.05, 0) is 26.7 Å². The third-order valence-corrected chi connectivity index (χ3v) is 3.66. The summed E-state index contributed by atoms with van der Waals surface area (Å²) in [6, 6.07) is 0. The number of nitrogens with zero attached hydrogens (tertiary/aromatic N) is 3. The smallest absolute Gasteiger partial charge is 0.357 e. The van der Waals surface area contributed by atoms with Crippen LogP contribution in [-0.2, 0) is 11.3 Å². The van der Waals surface area contributed by atoms with E-state index < -0.39 is 11.5 Å². The Hall–Kier alpha value is -2.22. The van der Waals surface area contributed by atoms with Crippen LogP contribution in [0.5, 0.6) is 0 Å². The molecule has 112 valence electrons. The number of carbonyl (C=O) groups is 1. The fourth-order valence-electron chi connectivity index (χ4n) is 2.62. The number of carboxylic acid groups (broad SMARTS) is 1. The van der Waals surface area contributed by atoms with Crippen molar-refractivity contribution >= 4 is 16.9 Å². The van der Waals surface area contributed by atoms with Crippen molar-refractivity contribution < 1.29 is 19.2 Å². The van der Waals surface area contributed by atoms with Crippen molar-refractivity contribution in [2.24, 2.45) is 0 Å². The Labute approximate surface area is 119 Å². The molecule has 8 heteroatoms. The van der Waals surface area contributed by atoms with E-state index in [9.17, 15) is 14.7 Å². The summed E-state index contributed by atoms with van der Waals surface area (Å²) in [5.74, 6) is -0.953. The van der Waals surface area contributed by atoms with Crippen molar-refractivity contribution in [2.75, 3.05) is 0 Å². The summed E-state index contributed by atoms with van der Waals surface area (Å²) in [5, 5.41) is 17.0. The molecule has 1 aliphatic heterocycles. The minimum Gasteiger partial charge on any atom is -0.476 e. The molecule has 21 heavy (non-hydrogen) atoms. The molecular weight excluding hydrogens is 278 g/mol. The van der Waals surface area contributed by atoms with Gasteiger partial charge in [0.05, 0.1) is 24.1 Å². The lowest BCUT2D eigenvalue weighted by Crippen LogP contribution is -2.31. The average molecular weight is 293 g/mol. The van der Waals surface area contributed by atoms with Crippen molar-refractivity contribution in [1.29, 1.82) is 0 Å². The highest BCUT2D eigenvalue weighted by atomic mass is 16.5. The SMILES string of the molecule is Cc1onc2c(=O)n(CC3CCC(C)O3)nc(C(=O)O)c12. The monoisotopic (exact) mass is 293 g/mol. The molecule has 1 fully saturated rings. The summed E-state index contributed by atoms with van der Waals surface area (Å²) in [6.45, 7) is 3.73. The van der Waals surface area contributed by atoms with Crippen molar-refractivity contribution in [3.63, 3.8) is 0 Å². The van der Waals surface area contributed by atoms with Gasteiger partial charge < -0.3 is 14.4 Å². The van der Waals surface area contributed by atoms with Gasteiger partial charge in [0.15, 0.2) is 11.2 Å². The second-order valence-electron chi connectivity index (χ2n) is 5.25. The summed E-state index contributed by atoms with van der Waals surface area (Å²) in [6.07, 6.45) is 1.73. The van der Waals surface area contributed by atoms with Crippen LogP contribution >= 0.6 is 0 Å². The van der Waals surface area contributed by atoms with Gasteiger partial charge in [0.2, 0.25) is 0 Å². The van der Waals surface area contributed by atoms with Crippen molar-refractivity contribution in [2.45, 2.75) is 45.4 Å². The highest BCUT2D eigenvalue weighted by molar-refractivity contribution is 6.00. The van der Waals surface area contributed by atoms with Gasteiger partial charge in [-0.3, -0.25) is 4.79 Å². The maximum atomic E-state index is 12.3. The maximum absolute atomic E-state index is 12.3. The van der Waals surface area contributed by atoms with E-state index in [0.29, 0.717) is 0 Å². The Balaban J connectivity index is 2.09. The molecule has 8 nitrogen and oxygen atoms in total. The van der Waals surface area contributed by atoms with Crippen LogP contribution in [0.2, 0.25) is 0 Å². The highest BCUT2D eigenvalue weighted by Crippen LogP contribution is 2.21. The Kier molecular flexibility index (Phi) is 3.25. The van der Waals surface area contributed by atoms with Gasteiger partial charge in [-0.1, -0.05) is 5.16 Å². The van der Waals surface area contributed by atoms with E-state index in [0.717, 1.165) is 17.5 Å². The Bertz CT molecular complexity index is 763. The number of aryl methyl sites for hydroxylation is 1. The standard InChI is InChI=1S/C13H15N3O5/c1-6-3-4-8(20-6)5-16-12(17)10-9(7(2)21-15-10)11(14-16)13(18)19/h6,8H,3-5H2,1-2H3,(H,18,19). The summed E-state index contributed by atoms with van der Waals surface area (Å²) >= 11 is 0. The molecular formula is C13H15N3O5. The first-order valence-corrected chi connectivity index (χ1v) is 6.73. The van der Waals surface area contributed by atoms with E-state index >= 15 is 0 Å². The predicted molar refractivity (Wildman–Crippen MR) is 71.3 cm³/mol. The molecule has 1 aliphatic rings. The van der Waals surface area contributed by atoms with Crippen molar-refractivity contribution in [3.8, 4) is 0 Å². The summed E-state index contributed by atoms with van der Waals surface area (Å²) < 4.78 is 11.7. The molecule has 0 aliphatic carbocycles. The van der Waals surface area contributed by atoms with E-state index in [1.54, 1.807) is 6.92 Å². The zero-order valence-corrected chi connectivity index (χ0v) is 11.7. The summed E-state index contributed by atoms with van der Waals surface area (Å²) in [7, 11) is 0. The predicted octanol–water partition coefficient (Wildman–Crippen LogP) is 0.959. The fraction of sp³-hybridized carbons (Fsp3) is 0.538. The molecule has 3 rings (SSSR count). The molecule has 1 N–H and O–H groups in total. The minimum atomic E-state index is -1.22. The molecule has 2 unspecified atom stereocenters. The number of hydrogen-bond donors (Lipinski definition) is 1. The first-order valence-electron chi connectivity index (χ1n) is 6.73. The largest absolute Gasteiger partial charge is 0.476 e. The van der Waals surface area contributed by atoms with Gasteiger partial charge in [0.1, 0.15) is 5.76 Å². The fourth-order valence-corrected chi connectivity index (χ4v) is 2.62. The Morgan fingerprint density at radius 2 is 2.24 bits per heavy atom. The maximum Gasteiger partial charge on any atom is 0.357 e. The number of ether oxygens (including phenoxy) is 1. The quantitative estimate of drug-likeness (QED) is 0.897. The number of aromatic nitrogens is 3. The third kappa shape index (κ3) is 2.31. The third-order valence-electron chi connectivity index (χ3n) is 3.66. The average Bonchev–Trinajstić information content (AvgIpc) is 3.00. The van der Waals surface area contributed by atoms with Crippen molar-refractivity contribution in [3.05, 3.63) is 21.8 Å². The van der Waals surface area contributed by atoms with Gasteiger partial charge in [0.25, 0.3) is 5.56 Å². The second-order valence-corrected chi connectivity index (χ2v) is 5.25. The first-order chi connectivity index (χ1) is 9.97. The van der Waals surface area contributed by atoms with Crippen LogP contribution in [-0.4, -0.2) is 38.2 Å². The van der Waals surface area contributed by atoms with Gasteiger partial charge in [0, 0.05) is 0 Å². The normalized spacial score (nSPS) is 22.0. The first kappa shape index (κ1) is 13.7. The van der Waals surface area contributed by atoms with E-state index in [2.05, 4.69) is 10.3 Å². The lowest BCUT2D eigenvalue weighted by Gasteiger charge is -2.12. The Morgan fingerprint density at radius 1 is 1.48 bits per heavy atom. The lowest BCUT2D eigenvalue weighted by molar-refractivity contribution is 0.0424. The number of carboxylic acids is 1. The van der Waals surface area contributed by atoms with Gasteiger partial charge in [-0.25, -0.2) is 9.48 Å². The molecule has 0 spiro atoms. The lowest BCUT2D eigenvalue weighted by atomic mass is 10.2. The molecule has 0 amide bonds. The number of fused-ring (bicyclic) bond motifs is 1. The van der Waals surface area contributed by atoms with Crippen molar-refractivity contribution in [1.82, 2.24) is 14.9 Å². The Morgan fingerprint density at radius 3 is 2.86 bits per heavy atom. The molecule has 3 heterocycles. The number of aromatic carboxylic acids is 1. The second kappa shape index (κ2) is 4.96. The van der Waals surface area contributed by atoms with Gasteiger partial charge in [-0.2, -0.15) is 5.10 Å². The molecule has 0 radical (unpaired) electrons. The molecule has 2 atom stereocenters. The molecule has 0 saturated carbocycles. The molecule has 2 aromatic heterocycles. The topological polar surface area (TPSA) is 107 Å².